The summed E-state index contributed by atoms with van der Waals surface area (Å²) in [5, 5.41) is 8.82. The molecule has 1 unspecified atom stereocenters. The van der Waals surface area contributed by atoms with E-state index in [-0.39, 0.29) is 19.0 Å². The number of ether oxygens (including phenoxy) is 3. The Hall–Kier alpha value is -1.72. The molecule has 2 aromatic rings. The molecule has 4 nitrogen and oxygen atoms in total. The molecule has 0 radical (unpaired) electrons. The van der Waals surface area contributed by atoms with Crippen molar-refractivity contribution in [2.45, 2.75) is 44.5 Å². The van der Waals surface area contributed by atoms with Crippen LogP contribution in [0.15, 0.2) is 54.6 Å². The highest BCUT2D eigenvalue weighted by atomic mass is 16.7. The topological polar surface area (TPSA) is 47.9 Å². The molecule has 0 aromatic heterocycles. The number of benzene rings is 2. The van der Waals surface area contributed by atoms with E-state index in [1.54, 1.807) is 0 Å². The molecule has 1 N–H and O–H groups in total. The fraction of sp³-hybridized carbons (Fsp3) is 0.478. The average Bonchev–Trinajstić information content (AvgIpc) is 2.73. The molecule has 0 aliphatic carbocycles. The highest BCUT2D eigenvalue weighted by Gasteiger charge is 2.21. The van der Waals surface area contributed by atoms with Gasteiger partial charge in [0, 0.05) is 13.0 Å². The highest BCUT2D eigenvalue weighted by Crippen LogP contribution is 2.28. The molecule has 0 bridgehead atoms. The fourth-order valence-electron chi connectivity index (χ4n) is 3.38. The Morgan fingerprint density at radius 1 is 1.00 bits per heavy atom. The Morgan fingerprint density at radius 2 is 1.85 bits per heavy atom. The summed E-state index contributed by atoms with van der Waals surface area (Å²) in [7, 11) is 0. The molecule has 0 spiro atoms. The van der Waals surface area contributed by atoms with Crippen LogP contribution < -0.4 is 0 Å². The van der Waals surface area contributed by atoms with E-state index in [4.69, 9.17) is 19.3 Å². The molecule has 1 aliphatic heterocycles. The maximum absolute atomic E-state index is 8.82. The molecule has 4 heteroatoms. The first-order valence-electron chi connectivity index (χ1n) is 9.93. The molecule has 1 aliphatic rings. The van der Waals surface area contributed by atoms with Crippen LogP contribution in [-0.2, 0) is 27.1 Å². The summed E-state index contributed by atoms with van der Waals surface area (Å²) in [6.45, 7) is 1.85. The van der Waals surface area contributed by atoms with Gasteiger partial charge in [0.15, 0.2) is 6.29 Å². The van der Waals surface area contributed by atoms with Crippen molar-refractivity contribution < 1.29 is 19.3 Å². The summed E-state index contributed by atoms with van der Waals surface area (Å²) in [5.74, 6) is 0. The van der Waals surface area contributed by atoms with Crippen molar-refractivity contribution in [2.24, 2.45) is 0 Å². The lowest BCUT2D eigenvalue weighted by Gasteiger charge is -2.28. The van der Waals surface area contributed by atoms with Gasteiger partial charge in [0.2, 0.25) is 0 Å². The molecule has 1 saturated heterocycles. The largest absolute Gasteiger partial charge is 0.394 e. The van der Waals surface area contributed by atoms with E-state index >= 15 is 0 Å². The van der Waals surface area contributed by atoms with Gasteiger partial charge in [0.05, 0.1) is 25.9 Å². The molecular weight excluding hydrogens is 340 g/mol. The smallest absolute Gasteiger partial charge is 0.158 e. The lowest BCUT2D eigenvalue weighted by molar-refractivity contribution is -0.189. The van der Waals surface area contributed by atoms with Crippen LogP contribution in [0.3, 0.4) is 0 Å². The summed E-state index contributed by atoms with van der Waals surface area (Å²) in [5.41, 5.74) is 3.65. The van der Waals surface area contributed by atoms with Gasteiger partial charge in [-0.2, -0.15) is 0 Å². The van der Waals surface area contributed by atoms with Gasteiger partial charge in [-0.05, 0) is 42.4 Å². The van der Waals surface area contributed by atoms with E-state index in [0.29, 0.717) is 13.2 Å². The normalized spacial score (nSPS) is 18.3. The van der Waals surface area contributed by atoms with Crippen LogP contribution >= 0.6 is 0 Å². The SMILES string of the molecule is OCCOCCc1cccc([C@H](Cc2ccccc2)OC2CCCCO2)c1. The van der Waals surface area contributed by atoms with Crippen molar-refractivity contribution in [1.29, 1.82) is 0 Å². The molecule has 0 saturated carbocycles. The van der Waals surface area contributed by atoms with Crippen LogP contribution in [0.2, 0.25) is 0 Å². The Morgan fingerprint density at radius 3 is 2.63 bits per heavy atom. The highest BCUT2D eigenvalue weighted by molar-refractivity contribution is 5.27. The van der Waals surface area contributed by atoms with Gasteiger partial charge in [-0.3, -0.25) is 0 Å². The maximum atomic E-state index is 8.82. The number of hydrogen-bond donors (Lipinski definition) is 1. The van der Waals surface area contributed by atoms with Crippen LogP contribution in [0.25, 0.3) is 0 Å². The molecular formula is C23H30O4. The fourth-order valence-corrected chi connectivity index (χ4v) is 3.38. The third kappa shape index (κ3) is 6.74. The minimum atomic E-state index is -0.121. The second-order valence-electron chi connectivity index (χ2n) is 6.94. The van der Waals surface area contributed by atoms with E-state index in [9.17, 15) is 0 Å². The Bertz CT molecular complexity index is 652. The van der Waals surface area contributed by atoms with Gasteiger partial charge in [-0.25, -0.2) is 0 Å². The maximum Gasteiger partial charge on any atom is 0.158 e. The zero-order valence-electron chi connectivity index (χ0n) is 15.9. The third-order valence-electron chi connectivity index (χ3n) is 4.81. The van der Waals surface area contributed by atoms with Crippen molar-refractivity contribution in [3.05, 3.63) is 71.3 Å². The van der Waals surface area contributed by atoms with Crippen molar-refractivity contribution in [3.63, 3.8) is 0 Å². The lowest BCUT2D eigenvalue weighted by atomic mass is 9.98. The minimum Gasteiger partial charge on any atom is -0.394 e. The first kappa shape index (κ1) is 20.0. The van der Waals surface area contributed by atoms with E-state index < -0.39 is 0 Å². The second-order valence-corrected chi connectivity index (χ2v) is 6.94. The van der Waals surface area contributed by atoms with Gasteiger partial charge in [0.1, 0.15) is 0 Å². The van der Waals surface area contributed by atoms with E-state index in [1.165, 1.54) is 16.7 Å². The van der Waals surface area contributed by atoms with Crippen LogP contribution in [-0.4, -0.2) is 37.8 Å². The summed E-state index contributed by atoms with van der Waals surface area (Å²) in [6.07, 6.45) is 4.73. The molecule has 1 heterocycles. The van der Waals surface area contributed by atoms with Crippen LogP contribution in [0.1, 0.15) is 42.1 Å². The second kappa shape index (κ2) is 11.2. The van der Waals surface area contributed by atoms with E-state index in [0.717, 1.165) is 38.7 Å². The van der Waals surface area contributed by atoms with Gasteiger partial charge in [0.25, 0.3) is 0 Å². The van der Waals surface area contributed by atoms with Crippen molar-refractivity contribution in [2.75, 3.05) is 26.4 Å². The molecule has 146 valence electrons. The molecule has 1 fully saturated rings. The van der Waals surface area contributed by atoms with Gasteiger partial charge in [-0.1, -0.05) is 54.6 Å². The summed E-state index contributed by atoms with van der Waals surface area (Å²) in [4.78, 5) is 0. The number of aliphatic hydroxyl groups is 1. The molecule has 0 amide bonds. The van der Waals surface area contributed by atoms with Crippen molar-refractivity contribution in [3.8, 4) is 0 Å². The van der Waals surface area contributed by atoms with E-state index in [2.05, 4.69) is 48.5 Å². The Balaban J connectivity index is 1.70. The molecule has 2 aromatic carbocycles. The first-order valence-corrected chi connectivity index (χ1v) is 9.93. The summed E-state index contributed by atoms with van der Waals surface area (Å²) in [6, 6.07) is 19.0. The standard InChI is InChI=1S/C23H30O4/c24-13-16-25-15-12-20-9-6-10-21(17-20)22(18-19-7-2-1-3-8-19)27-23-11-4-5-14-26-23/h1-3,6-10,17,22-24H,4-5,11-16,18H2/t22-,23?/m0/s1. The van der Waals surface area contributed by atoms with E-state index in [1.807, 2.05) is 6.07 Å². The van der Waals surface area contributed by atoms with Crippen molar-refractivity contribution in [1.82, 2.24) is 0 Å². The van der Waals surface area contributed by atoms with Gasteiger partial charge >= 0.3 is 0 Å². The zero-order valence-corrected chi connectivity index (χ0v) is 15.9. The number of rotatable bonds is 10. The predicted molar refractivity (Wildman–Crippen MR) is 106 cm³/mol. The Kier molecular flexibility index (Phi) is 8.31. The molecule has 3 rings (SSSR count). The summed E-state index contributed by atoms with van der Waals surface area (Å²) < 4.78 is 17.6. The number of aliphatic hydroxyl groups excluding tert-OH is 1. The van der Waals surface area contributed by atoms with Crippen LogP contribution in [0, 0.1) is 0 Å². The minimum absolute atomic E-state index is 0.0335. The van der Waals surface area contributed by atoms with Crippen LogP contribution in [0.5, 0.6) is 0 Å². The van der Waals surface area contributed by atoms with Crippen molar-refractivity contribution >= 4 is 0 Å². The predicted octanol–water partition coefficient (Wildman–Crippen LogP) is 4.07. The quantitative estimate of drug-likeness (QED) is 0.641. The average molecular weight is 370 g/mol. The number of hydrogen-bond acceptors (Lipinski definition) is 4. The van der Waals surface area contributed by atoms with Crippen LogP contribution in [0.4, 0.5) is 0 Å². The molecule has 27 heavy (non-hydrogen) atoms. The van der Waals surface area contributed by atoms with Gasteiger partial charge < -0.3 is 19.3 Å². The van der Waals surface area contributed by atoms with Gasteiger partial charge in [-0.15, -0.1) is 0 Å². The summed E-state index contributed by atoms with van der Waals surface area (Å²) >= 11 is 0. The zero-order chi connectivity index (χ0) is 18.7. The Labute approximate surface area is 162 Å². The lowest BCUT2D eigenvalue weighted by Crippen LogP contribution is -2.25. The molecule has 2 atom stereocenters. The third-order valence-corrected chi connectivity index (χ3v) is 4.81. The monoisotopic (exact) mass is 370 g/mol. The first-order chi connectivity index (χ1) is 13.3.